The number of aliphatic hydroxyl groups is 3. The lowest BCUT2D eigenvalue weighted by Gasteiger charge is -2.48. The van der Waals surface area contributed by atoms with E-state index < -0.39 is 90.8 Å². The van der Waals surface area contributed by atoms with Crippen LogP contribution in [0.1, 0.15) is 87.5 Å². The van der Waals surface area contributed by atoms with Crippen molar-refractivity contribution in [3.8, 4) is 0 Å². The minimum absolute atomic E-state index is 0.0313. The van der Waals surface area contributed by atoms with Gasteiger partial charge in [-0.15, -0.1) is 0 Å². The van der Waals surface area contributed by atoms with E-state index in [1.807, 2.05) is 32.1 Å². The summed E-state index contributed by atoms with van der Waals surface area (Å²) >= 11 is 0. The molecule has 4 saturated heterocycles. The average Bonchev–Trinajstić information content (AvgIpc) is 3.56. The van der Waals surface area contributed by atoms with Crippen molar-refractivity contribution >= 4 is 5.97 Å². The first kappa shape index (κ1) is 46.7. The number of carbonyl (C=O) groups is 1. The molecule has 14 nitrogen and oxygen atoms in total. The number of carbonyl (C=O) groups excluding carboxylic acids is 1. The van der Waals surface area contributed by atoms with Crippen molar-refractivity contribution < 1.29 is 67.5 Å². The molecule has 1 spiro atoms. The van der Waals surface area contributed by atoms with E-state index >= 15 is 0 Å². The zero-order valence-electron chi connectivity index (χ0n) is 37.5. The second kappa shape index (κ2) is 19.0. The predicted octanol–water partition coefficient (Wildman–Crippen LogP) is 4.99. The number of ether oxygens (including phenoxy) is 10. The molecule has 14 heteroatoms. The SMILES string of the molecule is CO[C@H]1C[C@H](O[C@H]2[C@H](C)O[C@@H](O[C@@H]3/C(C)=C/CC4CC(C[C@]5(C=C[C@H](C)[C@@H](C(C)C)O5)O4)OC(=O)C4C=C(C)[C@@H](O)C5OC/C(=C/C=C/[C@@H]3C)[C@]45O)C[C@@H]2OC)O[C@@H](C)[C@@H]1O. The van der Waals surface area contributed by atoms with Crippen LogP contribution in [0.3, 0.4) is 0 Å². The van der Waals surface area contributed by atoms with E-state index in [1.54, 1.807) is 40.2 Å². The summed E-state index contributed by atoms with van der Waals surface area (Å²) in [4.78, 5) is 14.3. The van der Waals surface area contributed by atoms with Crippen LogP contribution in [0.2, 0.25) is 0 Å². The van der Waals surface area contributed by atoms with Gasteiger partial charge >= 0.3 is 5.97 Å². The molecule has 4 fully saturated rings. The molecule has 0 radical (unpaired) electrons. The van der Waals surface area contributed by atoms with Crippen molar-refractivity contribution in [2.24, 2.45) is 23.7 Å². The first-order valence-electron chi connectivity index (χ1n) is 22.3. The molecule has 0 saturated carbocycles. The number of allylic oxidation sites excluding steroid dienone is 2. The van der Waals surface area contributed by atoms with E-state index in [0.717, 1.165) is 5.57 Å². The minimum Gasteiger partial charge on any atom is -0.462 e. The summed E-state index contributed by atoms with van der Waals surface area (Å²) in [5.74, 6) is -2.62. The summed E-state index contributed by atoms with van der Waals surface area (Å²) in [5.41, 5.74) is 0.129. The third-order valence-corrected chi connectivity index (χ3v) is 14.0. The van der Waals surface area contributed by atoms with Gasteiger partial charge in [0, 0.05) is 51.7 Å². The fourth-order valence-corrected chi connectivity index (χ4v) is 10.4. The normalized spacial score (nSPS) is 49.3. The van der Waals surface area contributed by atoms with Crippen molar-refractivity contribution in [3.63, 3.8) is 0 Å². The van der Waals surface area contributed by atoms with Gasteiger partial charge in [-0.1, -0.05) is 64.2 Å². The standard InChI is InChI=1S/C47H70O14/c1-24(2)41-27(5)16-17-46(61-41)22-33-19-32(60-46)15-14-26(4)42(25(3)12-11-13-31-23-54-44-39(48)28(6)18-34(45(50)57-33)47(31,44)51)58-38-21-36(53-10)43(30(8)56-38)59-37-20-35(52-9)40(49)29(7)55-37/h11-14,16-18,24-25,27,29-30,32-44,48-49,51H,15,19-23H2,1-10H3/b12-11+,26-14+,31-13-/t25-,27-,29-,30-,32?,33?,34?,35-,36-,37-,38-,39+,40-,41+,42-,43-,44?,46+,47-/m0/s1. The molecule has 7 aliphatic rings. The summed E-state index contributed by atoms with van der Waals surface area (Å²) in [6.07, 6.45) is 7.54. The zero-order chi connectivity index (χ0) is 44.0. The van der Waals surface area contributed by atoms with Crippen molar-refractivity contribution in [1.82, 2.24) is 0 Å². The van der Waals surface area contributed by atoms with Gasteiger partial charge in [0.1, 0.15) is 42.0 Å². The first-order chi connectivity index (χ1) is 29.0. The maximum atomic E-state index is 14.3. The Kier molecular flexibility index (Phi) is 14.6. The molecule has 19 atom stereocenters. The Bertz CT molecular complexity index is 1710. The quantitative estimate of drug-likeness (QED) is 0.231. The fourth-order valence-electron chi connectivity index (χ4n) is 10.4. The van der Waals surface area contributed by atoms with Gasteiger partial charge < -0.3 is 62.7 Å². The van der Waals surface area contributed by atoms with Crippen LogP contribution >= 0.6 is 0 Å². The topological polar surface area (TPSA) is 170 Å². The number of aliphatic hydroxyl groups excluding tert-OH is 2. The smallest absolute Gasteiger partial charge is 0.316 e. The molecule has 1 aliphatic carbocycles. The lowest BCUT2D eigenvalue weighted by atomic mass is 9.71. The second-order valence-electron chi connectivity index (χ2n) is 18.8. The summed E-state index contributed by atoms with van der Waals surface area (Å²) < 4.78 is 63.5. The molecule has 0 aromatic heterocycles. The number of methoxy groups -OCH3 is 2. The average molecular weight is 859 g/mol. The molecule has 4 unspecified atom stereocenters. The Hall–Kier alpha value is -2.31. The molecule has 342 valence electrons. The van der Waals surface area contributed by atoms with Crippen LogP contribution in [0.15, 0.2) is 59.3 Å². The zero-order valence-corrected chi connectivity index (χ0v) is 37.5. The summed E-state index contributed by atoms with van der Waals surface area (Å²) in [6.45, 7) is 16.0. The number of fused-ring (bicyclic) bond motifs is 2. The van der Waals surface area contributed by atoms with Crippen LogP contribution < -0.4 is 0 Å². The lowest BCUT2D eigenvalue weighted by Crippen LogP contribution is -2.58. The molecular weight excluding hydrogens is 789 g/mol. The van der Waals surface area contributed by atoms with Crippen LogP contribution in [-0.2, 0) is 52.2 Å². The molecule has 0 amide bonds. The van der Waals surface area contributed by atoms with Crippen molar-refractivity contribution in [1.29, 1.82) is 0 Å². The van der Waals surface area contributed by atoms with E-state index in [9.17, 15) is 20.1 Å². The van der Waals surface area contributed by atoms with Crippen LogP contribution in [0.4, 0.5) is 0 Å². The Morgan fingerprint density at radius 1 is 0.852 bits per heavy atom. The Morgan fingerprint density at radius 3 is 2.28 bits per heavy atom. The highest BCUT2D eigenvalue weighted by Crippen LogP contribution is 2.47. The van der Waals surface area contributed by atoms with Crippen molar-refractivity contribution in [2.75, 3.05) is 20.8 Å². The van der Waals surface area contributed by atoms with E-state index in [-0.39, 0.29) is 42.7 Å². The molecule has 6 aliphatic heterocycles. The Balaban J connectivity index is 1.18. The molecule has 0 aromatic carbocycles. The van der Waals surface area contributed by atoms with Crippen LogP contribution in [0, 0.1) is 23.7 Å². The molecule has 0 aromatic rings. The third-order valence-electron chi connectivity index (χ3n) is 14.0. The van der Waals surface area contributed by atoms with Gasteiger partial charge in [0.05, 0.1) is 49.3 Å². The van der Waals surface area contributed by atoms with Gasteiger partial charge in [-0.25, -0.2) is 0 Å². The molecule has 61 heavy (non-hydrogen) atoms. The monoisotopic (exact) mass is 858 g/mol. The van der Waals surface area contributed by atoms with Crippen LogP contribution in [0.25, 0.3) is 0 Å². The third kappa shape index (κ3) is 9.58. The Labute approximate surface area is 361 Å². The highest BCUT2D eigenvalue weighted by atomic mass is 16.7. The Morgan fingerprint density at radius 2 is 1.56 bits per heavy atom. The number of esters is 1. The van der Waals surface area contributed by atoms with Gasteiger partial charge in [0.2, 0.25) is 0 Å². The van der Waals surface area contributed by atoms with E-state index in [1.165, 1.54) is 0 Å². The highest BCUT2D eigenvalue weighted by Gasteiger charge is 2.60. The highest BCUT2D eigenvalue weighted by molar-refractivity contribution is 5.78. The van der Waals surface area contributed by atoms with Crippen LogP contribution in [-0.4, -0.2) is 139 Å². The van der Waals surface area contributed by atoms with Gasteiger partial charge in [-0.2, -0.15) is 0 Å². The lowest BCUT2D eigenvalue weighted by molar-refractivity contribution is -0.318. The number of rotatable bonds is 7. The minimum atomic E-state index is -1.83. The van der Waals surface area contributed by atoms with Crippen molar-refractivity contribution in [3.05, 3.63) is 59.3 Å². The molecule has 3 N–H and O–H groups in total. The fraction of sp³-hybridized carbons (Fsp3) is 0.766. The maximum absolute atomic E-state index is 14.3. The van der Waals surface area contributed by atoms with Gasteiger partial charge in [0.15, 0.2) is 18.4 Å². The molecule has 6 heterocycles. The number of hydrogen-bond acceptors (Lipinski definition) is 14. The summed E-state index contributed by atoms with van der Waals surface area (Å²) in [6, 6.07) is 0. The summed E-state index contributed by atoms with van der Waals surface area (Å²) in [7, 11) is 3.22. The van der Waals surface area contributed by atoms with E-state index in [0.29, 0.717) is 43.3 Å². The second-order valence-corrected chi connectivity index (χ2v) is 18.8. The predicted molar refractivity (Wildman–Crippen MR) is 223 cm³/mol. The van der Waals surface area contributed by atoms with Crippen LogP contribution in [0.5, 0.6) is 0 Å². The first-order valence-corrected chi connectivity index (χ1v) is 22.3. The largest absolute Gasteiger partial charge is 0.462 e. The van der Waals surface area contributed by atoms with E-state index in [4.69, 9.17) is 47.4 Å². The molecule has 7 rings (SSSR count). The van der Waals surface area contributed by atoms with Gasteiger partial charge in [-0.3, -0.25) is 4.79 Å². The summed E-state index contributed by atoms with van der Waals surface area (Å²) in [5, 5.41) is 34.2. The molecular formula is C47H70O14. The van der Waals surface area contributed by atoms with E-state index in [2.05, 4.69) is 39.8 Å². The van der Waals surface area contributed by atoms with Gasteiger partial charge in [0.25, 0.3) is 0 Å². The van der Waals surface area contributed by atoms with Gasteiger partial charge in [-0.05, 0) is 62.8 Å². The molecule has 2 bridgehead atoms. The van der Waals surface area contributed by atoms with Crippen molar-refractivity contribution in [2.45, 2.75) is 185 Å². The maximum Gasteiger partial charge on any atom is 0.316 e. The number of hydrogen-bond donors (Lipinski definition) is 3.